The number of amides is 3. The number of hydrogen-bond donors (Lipinski definition) is 3. The number of aliphatic hydroxyl groups is 1. The summed E-state index contributed by atoms with van der Waals surface area (Å²) in [4.78, 5) is 29.1. The van der Waals surface area contributed by atoms with Gasteiger partial charge in [0.25, 0.3) is 5.91 Å². The van der Waals surface area contributed by atoms with Crippen LogP contribution in [0, 0.1) is 5.92 Å². The van der Waals surface area contributed by atoms with E-state index in [4.69, 9.17) is 18.9 Å². The fraction of sp³-hybridized carbons (Fsp3) is 0.444. The average molecular weight is 711 g/mol. The van der Waals surface area contributed by atoms with Gasteiger partial charge in [-0.1, -0.05) is 25.1 Å². The second kappa shape index (κ2) is 16.6. The molecule has 3 aromatic carbocycles. The summed E-state index contributed by atoms with van der Waals surface area (Å²) in [5.41, 5.74) is 1.06. The van der Waals surface area contributed by atoms with E-state index in [1.165, 1.54) is 11.4 Å². The highest BCUT2D eigenvalue weighted by atomic mass is 32.2. The third-order valence-electron chi connectivity index (χ3n) is 8.83. The zero-order valence-corrected chi connectivity index (χ0v) is 29.6. The molecule has 2 heterocycles. The molecular weight excluding hydrogens is 664 g/mol. The molecule has 2 aliphatic heterocycles. The van der Waals surface area contributed by atoms with Gasteiger partial charge in [-0.25, -0.2) is 13.2 Å². The second-order valence-electron chi connectivity index (χ2n) is 12.8. The van der Waals surface area contributed by atoms with Gasteiger partial charge >= 0.3 is 6.03 Å². The number of likely N-dealkylation sites (N-methyl/N-ethyl adjacent to an activating group) is 1. The minimum absolute atomic E-state index is 0.0661. The van der Waals surface area contributed by atoms with Crippen molar-refractivity contribution < 1.29 is 42.1 Å². The number of sulfonamides is 1. The predicted molar refractivity (Wildman–Crippen MR) is 188 cm³/mol. The van der Waals surface area contributed by atoms with Gasteiger partial charge in [-0.15, -0.1) is 0 Å². The monoisotopic (exact) mass is 710 g/mol. The summed E-state index contributed by atoms with van der Waals surface area (Å²) in [7, 11) is -2.26. The van der Waals surface area contributed by atoms with Crippen molar-refractivity contribution in [3.05, 3.63) is 72.3 Å². The van der Waals surface area contributed by atoms with Gasteiger partial charge in [0, 0.05) is 50.1 Å². The highest BCUT2D eigenvalue weighted by Crippen LogP contribution is 2.34. The first-order chi connectivity index (χ1) is 24.0. The molecule has 0 radical (unpaired) electrons. The van der Waals surface area contributed by atoms with E-state index in [0.29, 0.717) is 41.7 Å². The molecule has 13 nitrogen and oxygen atoms in total. The van der Waals surface area contributed by atoms with Crippen molar-refractivity contribution in [2.75, 3.05) is 50.8 Å². The van der Waals surface area contributed by atoms with Crippen LogP contribution >= 0.6 is 0 Å². The molecule has 3 N–H and O–H groups in total. The van der Waals surface area contributed by atoms with Crippen molar-refractivity contribution in [3.8, 4) is 17.2 Å². The lowest BCUT2D eigenvalue weighted by Gasteiger charge is -2.35. The van der Waals surface area contributed by atoms with E-state index in [2.05, 4.69) is 10.6 Å². The maximum atomic E-state index is 14.4. The highest BCUT2D eigenvalue weighted by molar-refractivity contribution is 7.89. The SMILES string of the molecule is C[C@@H]1CN([C@H](C)CO)C(=O)c2cc(NC(=O)Nc3ccc4c(c3)OCO4)ccc2O[C@@H](C)CCCCO[C@@H]1CN(C)S(=O)(=O)c1ccccc1. The Morgan fingerprint density at radius 3 is 2.38 bits per heavy atom. The van der Waals surface area contributed by atoms with Gasteiger partial charge in [0.1, 0.15) is 5.75 Å². The molecule has 0 saturated heterocycles. The maximum absolute atomic E-state index is 14.4. The van der Waals surface area contributed by atoms with Crippen molar-refractivity contribution in [2.24, 2.45) is 5.92 Å². The molecule has 5 rings (SSSR count). The molecule has 0 fully saturated rings. The summed E-state index contributed by atoms with van der Waals surface area (Å²) in [6, 6.07) is 17.0. The Labute approximate surface area is 293 Å². The Morgan fingerprint density at radius 2 is 1.66 bits per heavy atom. The van der Waals surface area contributed by atoms with Crippen molar-refractivity contribution in [3.63, 3.8) is 0 Å². The van der Waals surface area contributed by atoms with Crippen molar-refractivity contribution in [1.29, 1.82) is 0 Å². The standard InChI is InChI=1S/C36H46N4O9S/c1-24-20-40(25(2)22-41)35(42)30-18-27(37-36(43)38-28-14-16-32-33(19-28)48-23-47-32)13-15-31(30)49-26(3)10-8-9-17-46-34(24)21-39(4)50(44,45)29-11-6-5-7-12-29/h5-7,11-16,18-19,24-26,34,41H,8-10,17,20-23H2,1-4H3,(H2,37,38,43)/t24-,25-,26+,34-/m1/s1. The van der Waals surface area contributed by atoms with E-state index in [9.17, 15) is 23.1 Å². The van der Waals surface area contributed by atoms with Crippen LogP contribution in [0.3, 0.4) is 0 Å². The number of anilines is 2. The molecular formula is C36H46N4O9S. The number of carbonyl (C=O) groups is 2. The van der Waals surface area contributed by atoms with Crippen LogP contribution in [0.1, 0.15) is 50.4 Å². The molecule has 0 bridgehead atoms. The Bertz CT molecular complexity index is 1740. The quantitative estimate of drug-likeness (QED) is 0.287. The van der Waals surface area contributed by atoms with Crippen molar-refractivity contribution in [2.45, 2.75) is 63.2 Å². The summed E-state index contributed by atoms with van der Waals surface area (Å²) in [5, 5.41) is 15.8. The van der Waals surface area contributed by atoms with Gasteiger partial charge in [0.15, 0.2) is 11.5 Å². The Morgan fingerprint density at radius 1 is 0.980 bits per heavy atom. The first-order valence-electron chi connectivity index (χ1n) is 16.8. The van der Waals surface area contributed by atoms with Crippen molar-refractivity contribution >= 4 is 33.3 Å². The van der Waals surface area contributed by atoms with Gasteiger partial charge in [-0.2, -0.15) is 4.31 Å². The Kier molecular flexibility index (Phi) is 12.2. The molecule has 2 aliphatic rings. The van der Waals surface area contributed by atoms with Crippen LogP contribution < -0.4 is 24.8 Å². The molecule has 0 unspecified atom stereocenters. The Balaban J connectivity index is 1.39. The zero-order valence-electron chi connectivity index (χ0n) is 28.8. The lowest BCUT2D eigenvalue weighted by molar-refractivity contribution is -0.00833. The molecule has 3 amide bonds. The molecule has 0 aromatic heterocycles. The normalized spacial score (nSPS) is 20.7. The van der Waals surface area contributed by atoms with Crippen LogP contribution in [0.15, 0.2) is 71.6 Å². The molecule has 50 heavy (non-hydrogen) atoms. The van der Waals surface area contributed by atoms with Gasteiger partial charge < -0.3 is 39.6 Å². The summed E-state index contributed by atoms with van der Waals surface area (Å²) < 4.78 is 51.4. The number of nitrogens with one attached hydrogen (secondary N) is 2. The van der Waals surface area contributed by atoms with Crippen LogP contribution in [-0.2, 0) is 14.8 Å². The molecule has 0 saturated carbocycles. The van der Waals surface area contributed by atoms with Crippen LogP contribution in [0.2, 0.25) is 0 Å². The number of fused-ring (bicyclic) bond motifs is 2. The summed E-state index contributed by atoms with van der Waals surface area (Å²) >= 11 is 0. The van der Waals surface area contributed by atoms with E-state index in [0.717, 1.165) is 12.8 Å². The molecule has 270 valence electrons. The lowest BCUT2D eigenvalue weighted by atomic mass is 10.0. The smallest absolute Gasteiger partial charge is 0.323 e. The summed E-state index contributed by atoms with van der Waals surface area (Å²) in [5.74, 6) is 0.719. The largest absolute Gasteiger partial charge is 0.490 e. The molecule has 4 atom stereocenters. The molecule has 0 spiro atoms. The second-order valence-corrected chi connectivity index (χ2v) is 14.8. The summed E-state index contributed by atoms with van der Waals surface area (Å²) in [6.45, 7) is 5.99. The van der Waals surface area contributed by atoms with Gasteiger partial charge in [0.05, 0.1) is 35.3 Å². The fourth-order valence-corrected chi connectivity index (χ4v) is 7.06. The number of hydrogen-bond acceptors (Lipinski definition) is 9. The van der Waals surface area contributed by atoms with E-state index in [1.807, 2.05) is 13.8 Å². The Hall–Kier alpha value is -4.37. The zero-order chi connectivity index (χ0) is 35.8. The first-order valence-corrected chi connectivity index (χ1v) is 18.2. The highest BCUT2D eigenvalue weighted by Gasteiger charge is 2.32. The molecule has 0 aliphatic carbocycles. The first kappa shape index (κ1) is 36.9. The third-order valence-corrected chi connectivity index (χ3v) is 10.7. The van der Waals surface area contributed by atoms with Crippen LogP contribution in [-0.4, -0.2) is 93.1 Å². The number of aliphatic hydroxyl groups excluding tert-OH is 1. The number of nitrogens with zero attached hydrogens (tertiary/aromatic N) is 2. The third kappa shape index (κ3) is 9.04. The fourth-order valence-electron chi connectivity index (χ4n) is 5.85. The number of ether oxygens (including phenoxy) is 4. The number of urea groups is 1. The minimum Gasteiger partial charge on any atom is -0.490 e. The van der Waals surface area contributed by atoms with E-state index in [1.54, 1.807) is 78.6 Å². The van der Waals surface area contributed by atoms with E-state index < -0.39 is 34.1 Å². The van der Waals surface area contributed by atoms with E-state index in [-0.39, 0.29) is 49.0 Å². The van der Waals surface area contributed by atoms with Crippen molar-refractivity contribution in [1.82, 2.24) is 9.21 Å². The van der Waals surface area contributed by atoms with Gasteiger partial charge in [0.2, 0.25) is 16.8 Å². The molecule has 14 heteroatoms. The average Bonchev–Trinajstić information content (AvgIpc) is 3.57. The number of carbonyl (C=O) groups excluding carboxylic acids is 2. The van der Waals surface area contributed by atoms with Gasteiger partial charge in [-0.3, -0.25) is 4.79 Å². The summed E-state index contributed by atoms with van der Waals surface area (Å²) in [6.07, 6.45) is 1.42. The minimum atomic E-state index is -3.79. The van der Waals surface area contributed by atoms with Gasteiger partial charge in [-0.05, 0) is 75.6 Å². The van der Waals surface area contributed by atoms with Crippen LogP contribution in [0.5, 0.6) is 17.2 Å². The molecule has 3 aromatic rings. The lowest BCUT2D eigenvalue weighted by Crippen LogP contribution is -2.48. The maximum Gasteiger partial charge on any atom is 0.323 e. The van der Waals surface area contributed by atoms with Crippen LogP contribution in [0.4, 0.5) is 16.2 Å². The number of rotatable bonds is 8. The topological polar surface area (TPSA) is 156 Å². The predicted octanol–water partition coefficient (Wildman–Crippen LogP) is 5.18. The van der Waals surface area contributed by atoms with Crippen LogP contribution in [0.25, 0.3) is 0 Å². The van der Waals surface area contributed by atoms with E-state index >= 15 is 0 Å². The number of benzene rings is 3.